The van der Waals surface area contributed by atoms with E-state index in [1.807, 2.05) is 0 Å². The van der Waals surface area contributed by atoms with Crippen LogP contribution in [0.5, 0.6) is 0 Å². The number of hydrogen-bond acceptors (Lipinski definition) is 3. The molecular weight excluding hydrogens is 224 g/mol. The largest absolute Gasteiger partial charge is 0.314 e. The van der Waals surface area contributed by atoms with Crippen molar-refractivity contribution in [3.63, 3.8) is 0 Å². The summed E-state index contributed by atoms with van der Waals surface area (Å²) in [5, 5.41) is 3.39. The first-order valence-corrected chi connectivity index (χ1v) is 7.91. The Hall–Kier alpha value is -0.130. The molecule has 0 bridgehead atoms. The predicted octanol–water partition coefficient (Wildman–Crippen LogP) is 0.704. The molecule has 0 radical (unpaired) electrons. The van der Waals surface area contributed by atoms with Gasteiger partial charge in [-0.05, 0) is 51.0 Å². The van der Waals surface area contributed by atoms with Gasteiger partial charge in [0.2, 0.25) is 10.0 Å². The lowest BCUT2D eigenvalue weighted by molar-refractivity contribution is 0.323. The monoisotopic (exact) mass is 246 g/mol. The molecule has 2 N–H and O–H groups in total. The van der Waals surface area contributed by atoms with Crippen molar-refractivity contribution in [3.8, 4) is 0 Å². The number of rotatable bonds is 5. The molecule has 1 heterocycles. The zero-order chi connectivity index (χ0) is 11.6. The summed E-state index contributed by atoms with van der Waals surface area (Å²) in [7, 11) is -3.01. The summed E-state index contributed by atoms with van der Waals surface area (Å²) in [6, 6.07) is 0.583. The topological polar surface area (TPSA) is 58.2 Å². The summed E-state index contributed by atoms with van der Waals surface area (Å²) >= 11 is 0. The molecule has 2 unspecified atom stereocenters. The zero-order valence-corrected chi connectivity index (χ0v) is 10.7. The van der Waals surface area contributed by atoms with Crippen LogP contribution >= 0.6 is 0 Å². The first-order chi connectivity index (χ1) is 7.55. The van der Waals surface area contributed by atoms with Crippen molar-refractivity contribution < 1.29 is 8.42 Å². The standard InChI is InChI=1S/C11H22N2O2S/c1-9-2-3-11(6-12-9)7-13-16(14,15)8-10-4-5-10/h9-13H,2-8H2,1H3. The Balaban J connectivity index is 1.69. The fraction of sp³-hybridized carbons (Fsp3) is 1.00. The van der Waals surface area contributed by atoms with Gasteiger partial charge in [-0.3, -0.25) is 0 Å². The van der Waals surface area contributed by atoms with E-state index < -0.39 is 10.0 Å². The van der Waals surface area contributed by atoms with E-state index >= 15 is 0 Å². The lowest BCUT2D eigenvalue weighted by Crippen LogP contribution is -2.42. The molecule has 0 aromatic rings. The SMILES string of the molecule is CC1CCC(CNS(=O)(=O)CC2CC2)CN1. The summed E-state index contributed by atoms with van der Waals surface area (Å²) < 4.78 is 26.1. The second-order valence-electron chi connectivity index (χ2n) is 5.33. The Morgan fingerprint density at radius 1 is 1.19 bits per heavy atom. The molecule has 2 atom stereocenters. The first-order valence-electron chi connectivity index (χ1n) is 6.26. The van der Waals surface area contributed by atoms with E-state index in [-0.39, 0.29) is 0 Å². The minimum atomic E-state index is -3.01. The third kappa shape index (κ3) is 4.03. The van der Waals surface area contributed by atoms with Crippen LogP contribution in [0.15, 0.2) is 0 Å². The van der Waals surface area contributed by atoms with Gasteiger partial charge in [-0.2, -0.15) is 0 Å². The Kier molecular flexibility index (Phi) is 3.87. The Labute approximate surface area is 98.2 Å². The van der Waals surface area contributed by atoms with Crippen molar-refractivity contribution in [2.45, 2.75) is 38.6 Å². The van der Waals surface area contributed by atoms with Gasteiger partial charge in [0.25, 0.3) is 0 Å². The molecule has 0 amide bonds. The van der Waals surface area contributed by atoms with E-state index in [1.54, 1.807) is 0 Å². The van der Waals surface area contributed by atoms with Gasteiger partial charge in [0.05, 0.1) is 5.75 Å². The van der Waals surface area contributed by atoms with Gasteiger partial charge in [-0.1, -0.05) is 0 Å². The van der Waals surface area contributed by atoms with Gasteiger partial charge < -0.3 is 5.32 Å². The summed E-state index contributed by atoms with van der Waals surface area (Å²) in [6.45, 7) is 3.72. The van der Waals surface area contributed by atoms with Gasteiger partial charge in [0.1, 0.15) is 0 Å². The van der Waals surface area contributed by atoms with E-state index in [1.165, 1.54) is 0 Å². The molecule has 1 aliphatic carbocycles. The van der Waals surface area contributed by atoms with Crippen LogP contribution in [0.1, 0.15) is 32.6 Å². The highest BCUT2D eigenvalue weighted by Gasteiger charge is 2.28. The Morgan fingerprint density at radius 2 is 1.88 bits per heavy atom. The molecule has 2 rings (SSSR count). The predicted molar refractivity (Wildman–Crippen MR) is 64.7 cm³/mol. The number of nitrogens with one attached hydrogen (secondary N) is 2. The highest BCUT2D eigenvalue weighted by atomic mass is 32.2. The van der Waals surface area contributed by atoms with Gasteiger partial charge >= 0.3 is 0 Å². The van der Waals surface area contributed by atoms with Crippen LogP contribution in [0.3, 0.4) is 0 Å². The quantitative estimate of drug-likeness (QED) is 0.751. The molecule has 0 aromatic heterocycles. The zero-order valence-electron chi connectivity index (χ0n) is 9.91. The van der Waals surface area contributed by atoms with Gasteiger partial charge in [0.15, 0.2) is 0 Å². The highest BCUT2D eigenvalue weighted by molar-refractivity contribution is 7.89. The van der Waals surface area contributed by atoms with Crippen molar-refractivity contribution in [2.75, 3.05) is 18.8 Å². The number of sulfonamides is 1. The molecule has 94 valence electrons. The molecule has 0 aromatic carbocycles. The molecule has 1 saturated heterocycles. The van der Waals surface area contributed by atoms with E-state index in [2.05, 4.69) is 17.0 Å². The van der Waals surface area contributed by atoms with Crippen molar-refractivity contribution in [3.05, 3.63) is 0 Å². The first kappa shape index (κ1) is 12.3. The van der Waals surface area contributed by atoms with Crippen LogP contribution in [0.25, 0.3) is 0 Å². The molecule has 0 spiro atoms. The average molecular weight is 246 g/mol. The second-order valence-corrected chi connectivity index (χ2v) is 7.18. The summed E-state index contributed by atoms with van der Waals surface area (Å²) in [5.41, 5.74) is 0. The Bertz CT molecular complexity index is 317. The average Bonchev–Trinajstić information content (AvgIpc) is 3.00. The normalized spacial score (nSPS) is 31.6. The van der Waals surface area contributed by atoms with E-state index in [4.69, 9.17) is 0 Å². The fourth-order valence-electron chi connectivity index (χ4n) is 2.13. The molecule has 1 aliphatic heterocycles. The van der Waals surface area contributed by atoms with Gasteiger partial charge in [0, 0.05) is 12.6 Å². The maximum absolute atomic E-state index is 11.7. The third-order valence-electron chi connectivity index (χ3n) is 3.51. The maximum atomic E-state index is 11.7. The number of hydrogen-bond donors (Lipinski definition) is 2. The Morgan fingerprint density at radius 3 is 2.44 bits per heavy atom. The van der Waals surface area contributed by atoms with Crippen molar-refractivity contribution in [2.24, 2.45) is 11.8 Å². The van der Waals surface area contributed by atoms with Gasteiger partial charge in [-0.15, -0.1) is 0 Å². The lowest BCUT2D eigenvalue weighted by Gasteiger charge is -2.27. The molecule has 2 aliphatic rings. The van der Waals surface area contributed by atoms with Crippen LogP contribution in [-0.4, -0.2) is 33.3 Å². The minimum Gasteiger partial charge on any atom is -0.314 e. The van der Waals surface area contributed by atoms with Crippen LogP contribution in [0, 0.1) is 11.8 Å². The second kappa shape index (κ2) is 5.02. The van der Waals surface area contributed by atoms with Crippen LogP contribution < -0.4 is 10.0 Å². The van der Waals surface area contributed by atoms with Crippen LogP contribution in [0.4, 0.5) is 0 Å². The molecule has 16 heavy (non-hydrogen) atoms. The molecule has 4 nitrogen and oxygen atoms in total. The summed E-state index contributed by atoms with van der Waals surface area (Å²) in [6.07, 6.45) is 4.45. The van der Waals surface area contributed by atoms with Gasteiger partial charge in [-0.25, -0.2) is 13.1 Å². The third-order valence-corrected chi connectivity index (χ3v) is 5.02. The van der Waals surface area contributed by atoms with Crippen molar-refractivity contribution in [1.82, 2.24) is 10.0 Å². The van der Waals surface area contributed by atoms with Crippen LogP contribution in [-0.2, 0) is 10.0 Å². The molecule has 5 heteroatoms. The summed E-state index contributed by atoms with van der Waals surface area (Å²) in [4.78, 5) is 0. The molecular formula is C11H22N2O2S. The highest BCUT2D eigenvalue weighted by Crippen LogP contribution is 2.30. The smallest absolute Gasteiger partial charge is 0.211 e. The minimum absolute atomic E-state index is 0.337. The fourth-order valence-corrected chi connectivity index (χ4v) is 3.69. The van der Waals surface area contributed by atoms with Crippen molar-refractivity contribution in [1.29, 1.82) is 0 Å². The number of piperidine rings is 1. The van der Waals surface area contributed by atoms with E-state index in [0.29, 0.717) is 30.2 Å². The molecule has 2 fully saturated rings. The maximum Gasteiger partial charge on any atom is 0.211 e. The lowest BCUT2D eigenvalue weighted by atomic mass is 9.96. The van der Waals surface area contributed by atoms with Crippen LogP contribution in [0.2, 0.25) is 0 Å². The summed E-state index contributed by atoms with van der Waals surface area (Å²) in [5.74, 6) is 1.23. The molecule has 1 saturated carbocycles. The van der Waals surface area contributed by atoms with E-state index in [0.717, 1.165) is 32.2 Å². The van der Waals surface area contributed by atoms with E-state index in [9.17, 15) is 8.42 Å². The van der Waals surface area contributed by atoms with Crippen molar-refractivity contribution >= 4 is 10.0 Å².